The minimum Gasteiger partial charge on any atom is -0.487 e. The van der Waals surface area contributed by atoms with Crippen LogP contribution in [0.3, 0.4) is 0 Å². The summed E-state index contributed by atoms with van der Waals surface area (Å²) in [6.07, 6.45) is 1.80. The Morgan fingerprint density at radius 3 is 2.70 bits per heavy atom. The van der Waals surface area contributed by atoms with Crippen LogP contribution in [0.5, 0.6) is 5.75 Å². The molecule has 0 aliphatic carbocycles. The van der Waals surface area contributed by atoms with Crippen molar-refractivity contribution in [2.45, 2.75) is 40.0 Å². The van der Waals surface area contributed by atoms with E-state index in [4.69, 9.17) is 4.74 Å². The Morgan fingerprint density at radius 2 is 1.95 bits per heavy atom. The van der Waals surface area contributed by atoms with Crippen molar-refractivity contribution >= 4 is 0 Å². The summed E-state index contributed by atoms with van der Waals surface area (Å²) in [4.78, 5) is 4.36. The van der Waals surface area contributed by atoms with Gasteiger partial charge in [0.15, 0.2) is 0 Å². The van der Waals surface area contributed by atoms with Gasteiger partial charge in [0.1, 0.15) is 12.4 Å². The summed E-state index contributed by atoms with van der Waals surface area (Å²) in [6, 6.07) is 12.6. The van der Waals surface area contributed by atoms with Gasteiger partial charge >= 0.3 is 0 Å². The zero-order chi connectivity index (χ0) is 14.4. The fraction of sp³-hybridized carbons (Fsp3) is 0.353. The maximum atomic E-state index is 5.93. The Morgan fingerprint density at radius 1 is 1.15 bits per heavy atom. The molecule has 3 heteroatoms. The molecule has 0 radical (unpaired) electrons. The number of rotatable bonds is 6. The van der Waals surface area contributed by atoms with Gasteiger partial charge in [0, 0.05) is 24.3 Å². The van der Waals surface area contributed by atoms with Crippen LogP contribution in [0.25, 0.3) is 0 Å². The number of aromatic nitrogens is 1. The minimum absolute atomic E-state index is 0.459. The van der Waals surface area contributed by atoms with Gasteiger partial charge in [-0.3, -0.25) is 4.98 Å². The van der Waals surface area contributed by atoms with Gasteiger partial charge in [-0.15, -0.1) is 0 Å². The van der Waals surface area contributed by atoms with Crippen LogP contribution in [-0.2, 0) is 13.2 Å². The monoisotopic (exact) mass is 270 g/mol. The van der Waals surface area contributed by atoms with E-state index in [1.165, 1.54) is 5.56 Å². The molecule has 2 rings (SSSR count). The van der Waals surface area contributed by atoms with Crippen LogP contribution in [0.4, 0.5) is 0 Å². The smallest absolute Gasteiger partial charge is 0.130 e. The van der Waals surface area contributed by atoms with Crippen molar-refractivity contribution in [1.82, 2.24) is 10.3 Å². The first-order chi connectivity index (χ1) is 9.66. The molecule has 0 saturated carbocycles. The zero-order valence-corrected chi connectivity index (χ0v) is 12.4. The highest BCUT2D eigenvalue weighted by Gasteiger charge is 2.05. The van der Waals surface area contributed by atoms with E-state index in [1.54, 1.807) is 6.20 Å². The van der Waals surface area contributed by atoms with E-state index in [-0.39, 0.29) is 0 Å². The average molecular weight is 270 g/mol. The highest BCUT2D eigenvalue weighted by molar-refractivity contribution is 5.33. The molecule has 0 saturated heterocycles. The molecule has 0 aliphatic heterocycles. The maximum absolute atomic E-state index is 5.93. The van der Waals surface area contributed by atoms with Crippen molar-refractivity contribution in [3.05, 3.63) is 59.4 Å². The lowest BCUT2D eigenvalue weighted by Gasteiger charge is -2.14. The molecule has 0 spiro atoms. The third-order valence-electron chi connectivity index (χ3n) is 3.16. The second kappa shape index (κ2) is 7.06. The lowest BCUT2D eigenvalue weighted by Crippen LogP contribution is -2.22. The summed E-state index contributed by atoms with van der Waals surface area (Å²) in [5.74, 6) is 0.922. The number of hydrogen-bond acceptors (Lipinski definition) is 3. The normalized spacial score (nSPS) is 10.8. The number of nitrogens with zero attached hydrogens (tertiary/aromatic N) is 1. The Bertz CT molecular complexity index is 552. The third kappa shape index (κ3) is 4.07. The Labute approximate surface area is 121 Å². The molecular weight excluding hydrogens is 248 g/mol. The molecule has 0 unspecified atom stereocenters. The summed E-state index contributed by atoms with van der Waals surface area (Å²) >= 11 is 0. The Hall–Kier alpha value is -1.87. The van der Waals surface area contributed by atoms with Crippen molar-refractivity contribution in [2.75, 3.05) is 0 Å². The lowest BCUT2D eigenvalue weighted by molar-refractivity contribution is 0.296. The largest absolute Gasteiger partial charge is 0.487 e. The SMILES string of the molecule is Cc1cccnc1COc1ccccc1CNC(C)C. The van der Waals surface area contributed by atoms with E-state index in [9.17, 15) is 0 Å². The molecule has 0 bridgehead atoms. The minimum atomic E-state index is 0.459. The highest BCUT2D eigenvalue weighted by atomic mass is 16.5. The number of pyridine rings is 1. The van der Waals surface area contributed by atoms with Crippen molar-refractivity contribution in [1.29, 1.82) is 0 Å². The topological polar surface area (TPSA) is 34.1 Å². The van der Waals surface area contributed by atoms with E-state index < -0.39 is 0 Å². The van der Waals surface area contributed by atoms with Crippen molar-refractivity contribution in [3.63, 3.8) is 0 Å². The molecule has 1 aromatic carbocycles. The van der Waals surface area contributed by atoms with E-state index in [0.717, 1.165) is 23.6 Å². The second-order valence-corrected chi connectivity index (χ2v) is 5.20. The van der Waals surface area contributed by atoms with Gasteiger partial charge in [-0.05, 0) is 24.6 Å². The van der Waals surface area contributed by atoms with Gasteiger partial charge in [0.05, 0.1) is 5.69 Å². The summed E-state index contributed by atoms with van der Waals surface area (Å²) in [5, 5.41) is 3.42. The summed E-state index contributed by atoms with van der Waals surface area (Å²) in [6.45, 7) is 7.65. The fourth-order valence-corrected chi connectivity index (χ4v) is 1.92. The Kier molecular flexibility index (Phi) is 5.13. The quantitative estimate of drug-likeness (QED) is 0.872. The van der Waals surface area contributed by atoms with Crippen LogP contribution in [0, 0.1) is 6.92 Å². The van der Waals surface area contributed by atoms with E-state index in [2.05, 4.69) is 43.2 Å². The molecule has 0 amide bonds. The molecule has 1 heterocycles. The summed E-state index contributed by atoms with van der Waals surface area (Å²) < 4.78 is 5.93. The Balaban J connectivity index is 2.04. The molecule has 0 fully saturated rings. The molecular formula is C17H22N2O. The van der Waals surface area contributed by atoms with Crippen LogP contribution in [-0.4, -0.2) is 11.0 Å². The molecule has 1 aromatic heterocycles. The molecule has 0 atom stereocenters. The number of benzene rings is 1. The summed E-state index contributed by atoms with van der Waals surface area (Å²) in [7, 11) is 0. The third-order valence-corrected chi connectivity index (χ3v) is 3.16. The standard InChI is InChI=1S/C17H22N2O/c1-13(2)19-11-15-8-4-5-9-17(15)20-12-16-14(3)7-6-10-18-16/h4-10,13,19H,11-12H2,1-3H3. The fourth-order valence-electron chi connectivity index (χ4n) is 1.92. The molecule has 3 nitrogen and oxygen atoms in total. The predicted molar refractivity (Wildman–Crippen MR) is 81.7 cm³/mol. The van der Waals surface area contributed by atoms with Crippen LogP contribution in [0.2, 0.25) is 0 Å². The number of aryl methyl sites for hydroxylation is 1. The molecule has 1 N–H and O–H groups in total. The molecule has 106 valence electrons. The van der Waals surface area contributed by atoms with Crippen molar-refractivity contribution < 1.29 is 4.74 Å². The van der Waals surface area contributed by atoms with Crippen LogP contribution in [0.1, 0.15) is 30.7 Å². The van der Waals surface area contributed by atoms with E-state index in [1.807, 2.05) is 24.3 Å². The second-order valence-electron chi connectivity index (χ2n) is 5.20. The van der Waals surface area contributed by atoms with Gasteiger partial charge in [0.25, 0.3) is 0 Å². The number of hydrogen-bond donors (Lipinski definition) is 1. The number of ether oxygens (including phenoxy) is 1. The molecule has 0 aliphatic rings. The van der Waals surface area contributed by atoms with Crippen LogP contribution in [0.15, 0.2) is 42.6 Å². The average Bonchev–Trinajstić information content (AvgIpc) is 2.45. The summed E-state index contributed by atoms with van der Waals surface area (Å²) in [5.41, 5.74) is 3.32. The number of para-hydroxylation sites is 1. The number of nitrogens with one attached hydrogen (secondary N) is 1. The lowest BCUT2D eigenvalue weighted by atomic mass is 10.2. The highest BCUT2D eigenvalue weighted by Crippen LogP contribution is 2.19. The first kappa shape index (κ1) is 14.5. The van der Waals surface area contributed by atoms with Crippen molar-refractivity contribution in [3.8, 4) is 5.75 Å². The molecule has 2 aromatic rings. The van der Waals surface area contributed by atoms with Gasteiger partial charge < -0.3 is 10.1 Å². The molecule has 20 heavy (non-hydrogen) atoms. The first-order valence-electron chi connectivity index (χ1n) is 7.01. The van der Waals surface area contributed by atoms with Crippen LogP contribution >= 0.6 is 0 Å². The van der Waals surface area contributed by atoms with E-state index in [0.29, 0.717) is 12.6 Å². The van der Waals surface area contributed by atoms with Crippen molar-refractivity contribution in [2.24, 2.45) is 0 Å². The first-order valence-corrected chi connectivity index (χ1v) is 7.01. The zero-order valence-electron chi connectivity index (χ0n) is 12.4. The van der Waals surface area contributed by atoms with Gasteiger partial charge in [-0.2, -0.15) is 0 Å². The van der Waals surface area contributed by atoms with Crippen LogP contribution < -0.4 is 10.1 Å². The van der Waals surface area contributed by atoms with Gasteiger partial charge in [0.2, 0.25) is 0 Å². The predicted octanol–water partition coefficient (Wildman–Crippen LogP) is 3.47. The maximum Gasteiger partial charge on any atom is 0.130 e. The van der Waals surface area contributed by atoms with Gasteiger partial charge in [-0.25, -0.2) is 0 Å². The van der Waals surface area contributed by atoms with Gasteiger partial charge in [-0.1, -0.05) is 38.1 Å². The van der Waals surface area contributed by atoms with E-state index >= 15 is 0 Å².